The van der Waals surface area contributed by atoms with E-state index in [9.17, 15) is 0 Å². The van der Waals surface area contributed by atoms with Crippen molar-refractivity contribution in [3.8, 4) is 0 Å². The van der Waals surface area contributed by atoms with E-state index in [1.165, 1.54) is 0 Å². The van der Waals surface area contributed by atoms with Crippen LogP contribution in [0.1, 0.15) is 0 Å². The fourth-order valence-corrected chi connectivity index (χ4v) is 0.625. The van der Waals surface area contributed by atoms with Gasteiger partial charge in [0.1, 0.15) is 0 Å². The Kier molecular flexibility index (Phi) is 21.2. The summed E-state index contributed by atoms with van der Waals surface area (Å²) in [7, 11) is 1.00. The molecular formula is C11H16N2OS2. The van der Waals surface area contributed by atoms with Gasteiger partial charge in [0.15, 0.2) is 0 Å². The first-order valence-corrected chi connectivity index (χ1v) is 5.95. The predicted molar refractivity (Wildman–Crippen MR) is 74.6 cm³/mol. The number of thiol groups is 2. The molecule has 0 aromatic carbocycles. The minimum absolute atomic E-state index is 1.00. The van der Waals surface area contributed by atoms with Crippen LogP contribution < -0.4 is 0 Å². The van der Waals surface area contributed by atoms with Crippen molar-refractivity contribution in [2.75, 3.05) is 7.11 Å². The molecule has 0 radical (unpaired) electrons. The van der Waals surface area contributed by atoms with E-state index < -0.39 is 0 Å². The molecule has 0 amide bonds. The van der Waals surface area contributed by atoms with Gasteiger partial charge in [0.2, 0.25) is 0 Å². The highest BCUT2D eigenvalue weighted by Crippen LogP contribution is 1.74. The Hall–Kier alpha value is -1.04. The molecule has 5 heteroatoms. The predicted octanol–water partition coefficient (Wildman–Crippen LogP) is 2.53. The van der Waals surface area contributed by atoms with Crippen LogP contribution in [0.4, 0.5) is 0 Å². The van der Waals surface area contributed by atoms with E-state index >= 15 is 0 Å². The molecule has 1 N–H and O–H groups in total. The first-order chi connectivity index (χ1) is 8.00. The molecule has 0 bridgehead atoms. The van der Waals surface area contributed by atoms with Crippen molar-refractivity contribution in [2.24, 2.45) is 0 Å². The van der Waals surface area contributed by atoms with Gasteiger partial charge in [-0.15, -0.1) is 23.3 Å². The average Bonchev–Trinajstić information content (AvgIpc) is 2.48. The molecule has 2 rings (SSSR count). The fraction of sp³-hybridized carbons (Fsp3) is 0.0909. The van der Waals surface area contributed by atoms with Crippen LogP contribution in [0.5, 0.6) is 0 Å². The molecule has 3 nitrogen and oxygen atoms in total. The number of aliphatic hydroxyl groups is 1. The molecule has 0 saturated heterocycles. The number of hydrogen-bond acceptors (Lipinski definition) is 5. The topological polar surface area (TPSA) is 46.0 Å². The molecule has 88 valence electrons. The molecule has 2 aromatic heterocycles. The summed E-state index contributed by atoms with van der Waals surface area (Å²) in [6.07, 6.45) is 7.00. The molecule has 0 aliphatic heterocycles. The lowest BCUT2D eigenvalue weighted by Gasteiger charge is -1.70. The van der Waals surface area contributed by atoms with Crippen molar-refractivity contribution in [2.45, 2.75) is 0 Å². The summed E-state index contributed by atoms with van der Waals surface area (Å²) in [6, 6.07) is 11.4. The minimum atomic E-state index is 1.00. The van der Waals surface area contributed by atoms with Gasteiger partial charge in [-0.25, -0.2) is 0 Å². The van der Waals surface area contributed by atoms with E-state index in [4.69, 9.17) is 5.11 Å². The van der Waals surface area contributed by atoms with Crippen LogP contribution >= 0.6 is 23.3 Å². The first-order valence-electron chi connectivity index (χ1n) is 4.35. The summed E-state index contributed by atoms with van der Waals surface area (Å²) in [5.41, 5.74) is 0. The lowest BCUT2D eigenvalue weighted by atomic mass is 10.5. The van der Waals surface area contributed by atoms with E-state index in [-0.39, 0.29) is 0 Å². The van der Waals surface area contributed by atoms with Crippen molar-refractivity contribution in [1.29, 1.82) is 0 Å². The highest BCUT2D eigenvalue weighted by Gasteiger charge is 1.59. The zero-order chi connectivity index (χ0) is 12.5. The van der Waals surface area contributed by atoms with Gasteiger partial charge in [-0.3, -0.25) is 9.97 Å². The molecule has 0 aliphatic rings. The van der Waals surface area contributed by atoms with Gasteiger partial charge in [0.25, 0.3) is 0 Å². The molecule has 0 unspecified atom stereocenters. The van der Waals surface area contributed by atoms with Crippen molar-refractivity contribution < 1.29 is 5.11 Å². The van der Waals surface area contributed by atoms with Crippen molar-refractivity contribution in [3.63, 3.8) is 0 Å². The molecule has 0 aliphatic carbocycles. The molecule has 0 saturated carbocycles. The van der Waals surface area contributed by atoms with Gasteiger partial charge in [-0.05, 0) is 24.3 Å². The molecule has 2 aromatic rings. The lowest BCUT2D eigenvalue weighted by Crippen LogP contribution is -1.58. The smallest absolute Gasteiger partial charge is 0.0319 e. The van der Waals surface area contributed by atoms with Crippen molar-refractivity contribution in [1.82, 2.24) is 9.97 Å². The molecule has 2 heterocycles. The summed E-state index contributed by atoms with van der Waals surface area (Å²) < 4.78 is 0. The molecule has 16 heavy (non-hydrogen) atoms. The Labute approximate surface area is 107 Å². The zero-order valence-electron chi connectivity index (χ0n) is 9.01. The molecular weight excluding hydrogens is 240 g/mol. The number of aliphatic hydroxyl groups excluding tert-OH is 1. The summed E-state index contributed by atoms with van der Waals surface area (Å²) in [4.78, 5) is 7.57. The maximum Gasteiger partial charge on any atom is 0.0319 e. The molecule has 0 spiro atoms. The number of rotatable bonds is 0. The molecule has 0 fully saturated rings. The number of hydrogen-bond donors (Lipinski definition) is 3. The van der Waals surface area contributed by atoms with Gasteiger partial charge in [0.05, 0.1) is 0 Å². The van der Waals surface area contributed by atoms with Gasteiger partial charge in [-0.2, -0.15) is 0 Å². The maximum absolute atomic E-state index is 7.00. The fourth-order valence-electron chi connectivity index (χ4n) is 0.625. The monoisotopic (exact) mass is 256 g/mol. The van der Waals surface area contributed by atoms with Crippen molar-refractivity contribution >= 4 is 23.3 Å². The van der Waals surface area contributed by atoms with Crippen molar-refractivity contribution in [3.05, 3.63) is 61.2 Å². The van der Waals surface area contributed by atoms with Crippen LogP contribution in [-0.2, 0) is 0 Å². The second kappa shape index (κ2) is 19.5. The van der Waals surface area contributed by atoms with Crippen LogP contribution in [0.2, 0.25) is 0 Å². The van der Waals surface area contributed by atoms with Gasteiger partial charge in [-0.1, -0.05) is 12.1 Å². The van der Waals surface area contributed by atoms with Crippen LogP contribution in [-0.4, -0.2) is 22.2 Å². The quantitative estimate of drug-likeness (QED) is 0.501. The van der Waals surface area contributed by atoms with Gasteiger partial charge < -0.3 is 5.11 Å². The number of nitrogens with zero attached hydrogens (tertiary/aromatic N) is 2. The highest BCUT2D eigenvalue weighted by molar-refractivity contribution is 8.59. The Balaban J connectivity index is 0. The van der Waals surface area contributed by atoms with Crippen LogP contribution in [0, 0.1) is 0 Å². The zero-order valence-corrected chi connectivity index (χ0v) is 10.8. The van der Waals surface area contributed by atoms with Gasteiger partial charge in [0, 0.05) is 31.9 Å². The Bertz CT molecular complexity index is 197. The van der Waals surface area contributed by atoms with E-state index in [0.29, 0.717) is 0 Å². The maximum atomic E-state index is 7.00. The first kappa shape index (κ1) is 17.4. The standard InChI is InChI=1S/2C5H5N.CH4O.H2S2/c2*1-2-4-6-5-3-1;2*1-2/h2*1-5H;2H,1H3;1-2H. The highest BCUT2D eigenvalue weighted by atomic mass is 33.1. The summed E-state index contributed by atoms with van der Waals surface area (Å²) in [5.74, 6) is 0. The lowest BCUT2D eigenvalue weighted by molar-refractivity contribution is 0.399. The number of pyridine rings is 2. The summed E-state index contributed by atoms with van der Waals surface area (Å²) >= 11 is 6.44. The molecule has 0 atom stereocenters. The Morgan fingerprint density at radius 2 is 0.875 bits per heavy atom. The van der Waals surface area contributed by atoms with Crippen LogP contribution in [0.15, 0.2) is 61.2 Å². The van der Waals surface area contributed by atoms with E-state index in [1.807, 2.05) is 36.4 Å². The SMILES string of the molecule is CO.SS.c1ccncc1.c1ccncc1. The van der Waals surface area contributed by atoms with E-state index in [2.05, 4.69) is 33.3 Å². The normalized spacial score (nSPS) is 6.75. The van der Waals surface area contributed by atoms with Gasteiger partial charge >= 0.3 is 0 Å². The largest absolute Gasteiger partial charge is 0.400 e. The summed E-state index contributed by atoms with van der Waals surface area (Å²) in [6.45, 7) is 0. The summed E-state index contributed by atoms with van der Waals surface area (Å²) in [5, 5.41) is 7.00. The third-order valence-electron chi connectivity index (χ3n) is 1.13. The number of aromatic nitrogens is 2. The Morgan fingerprint density at radius 1 is 0.625 bits per heavy atom. The third-order valence-corrected chi connectivity index (χ3v) is 1.13. The minimum Gasteiger partial charge on any atom is -0.400 e. The van der Waals surface area contributed by atoms with E-state index in [1.54, 1.807) is 24.8 Å². The van der Waals surface area contributed by atoms with Crippen LogP contribution in [0.3, 0.4) is 0 Å². The second-order valence-corrected chi connectivity index (χ2v) is 2.05. The second-order valence-electron chi connectivity index (χ2n) is 2.05. The Morgan fingerprint density at radius 3 is 0.938 bits per heavy atom. The third kappa shape index (κ3) is 15.4. The average molecular weight is 256 g/mol. The van der Waals surface area contributed by atoms with Crippen LogP contribution in [0.25, 0.3) is 0 Å². The van der Waals surface area contributed by atoms with E-state index in [0.717, 1.165) is 7.11 Å².